The van der Waals surface area contributed by atoms with Gasteiger partial charge in [0, 0.05) is 49.4 Å². The van der Waals surface area contributed by atoms with Crippen LogP contribution in [0.1, 0.15) is 0 Å². The third-order valence-electron chi connectivity index (χ3n) is 9.36. The van der Waals surface area contributed by atoms with Crippen molar-refractivity contribution in [1.82, 2.24) is 15.0 Å². The molecule has 0 saturated carbocycles. The lowest BCUT2D eigenvalue weighted by molar-refractivity contribution is 0.665. The molecule has 0 amide bonds. The van der Waals surface area contributed by atoms with Crippen LogP contribution in [0, 0.1) is 0 Å². The van der Waals surface area contributed by atoms with Gasteiger partial charge in [-0.05, 0) is 41.5 Å². The maximum Gasteiger partial charge on any atom is 0.164 e. The maximum absolute atomic E-state index is 6.70. The van der Waals surface area contributed by atoms with E-state index in [1.807, 2.05) is 72.8 Å². The molecule has 0 fully saturated rings. The minimum Gasteiger partial charge on any atom is -0.455 e. The molecule has 50 heavy (non-hydrogen) atoms. The van der Waals surface area contributed by atoms with Crippen LogP contribution in [0.3, 0.4) is 0 Å². The van der Waals surface area contributed by atoms with E-state index in [2.05, 4.69) is 91.0 Å². The Balaban J connectivity index is 1.23. The summed E-state index contributed by atoms with van der Waals surface area (Å²) in [5, 5.41) is 4.09. The van der Waals surface area contributed by atoms with Crippen molar-refractivity contribution >= 4 is 43.9 Å². The maximum atomic E-state index is 6.70. The molecule has 0 aliphatic carbocycles. The van der Waals surface area contributed by atoms with E-state index < -0.39 is 0 Å². The molecule has 3 aromatic heterocycles. The van der Waals surface area contributed by atoms with E-state index >= 15 is 0 Å². The summed E-state index contributed by atoms with van der Waals surface area (Å²) >= 11 is 0. The van der Waals surface area contributed by atoms with Gasteiger partial charge in [-0.15, -0.1) is 0 Å². The van der Waals surface area contributed by atoms with Crippen LogP contribution in [0.25, 0.3) is 100 Å². The highest BCUT2D eigenvalue weighted by Gasteiger charge is 2.22. The molecular weight excluding hydrogens is 615 g/mol. The lowest BCUT2D eigenvalue weighted by Crippen LogP contribution is -2.00. The number of nitrogens with zero attached hydrogens (tertiary/aromatic N) is 3. The second-order valence-electron chi connectivity index (χ2n) is 12.4. The van der Waals surface area contributed by atoms with Crippen LogP contribution in [0.15, 0.2) is 173 Å². The number of hydrogen-bond donors (Lipinski definition) is 0. The summed E-state index contributed by atoms with van der Waals surface area (Å²) in [6.07, 6.45) is 0. The molecule has 0 bridgehead atoms. The topological polar surface area (TPSA) is 65.0 Å². The first-order chi connectivity index (χ1) is 24.8. The monoisotopic (exact) mass is 641 g/mol. The normalized spacial score (nSPS) is 11.6. The molecule has 5 nitrogen and oxygen atoms in total. The molecule has 0 aliphatic heterocycles. The molecule has 0 unspecified atom stereocenters. The van der Waals surface area contributed by atoms with E-state index in [0.717, 1.165) is 82.8 Å². The Morgan fingerprint density at radius 1 is 0.320 bits per heavy atom. The molecule has 234 valence electrons. The van der Waals surface area contributed by atoms with Crippen molar-refractivity contribution in [3.8, 4) is 56.4 Å². The molecule has 7 aromatic carbocycles. The van der Waals surface area contributed by atoms with Crippen molar-refractivity contribution < 1.29 is 8.83 Å². The zero-order chi connectivity index (χ0) is 33.0. The van der Waals surface area contributed by atoms with Crippen molar-refractivity contribution in [3.05, 3.63) is 164 Å². The molecule has 0 N–H and O–H groups in total. The summed E-state index contributed by atoms with van der Waals surface area (Å²) in [4.78, 5) is 15.3. The Morgan fingerprint density at radius 2 is 0.840 bits per heavy atom. The highest BCUT2D eigenvalue weighted by atomic mass is 16.3. The van der Waals surface area contributed by atoms with E-state index in [9.17, 15) is 0 Å². The minimum atomic E-state index is 0.573. The molecule has 0 spiro atoms. The van der Waals surface area contributed by atoms with Crippen LogP contribution in [0.4, 0.5) is 0 Å². The zero-order valence-electron chi connectivity index (χ0n) is 26.7. The van der Waals surface area contributed by atoms with Crippen molar-refractivity contribution in [1.29, 1.82) is 0 Å². The first-order valence-electron chi connectivity index (χ1n) is 16.6. The van der Waals surface area contributed by atoms with Gasteiger partial charge in [0.05, 0.1) is 0 Å². The van der Waals surface area contributed by atoms with Crippen molar-refractivity contribution in [3.63, 3.8) is 0 Å². The third-order valence-corrected chi connectivity index (χ3v) is 9.36. The average Bonchev–Trinajstić information content (AvgIpc) is 3.78. The van der Waals surface area contributed by atoms with Gasteiger partial charge >= 0.3 is 0 Å². The molecule has 0 aliphatic rings. The number of hydrogen-bond acceptors (Lipinski definition) is 5. The molecule has 0 radical (unpaired) electrons. The number of aromatic nitrogens is 3. The molecule has 0 atom stereocenters. The van der Waals surface area contributed by atoms with Crippen molar-refractivity contribution in [2.45, 2.75) is 0 Å². The summed E-state index contributed by atoms with van der Waals surface area (Å²) in [6.45, 7) is 0. The first-order valence-corrected chi connectivity index (χ1v) is 16.6. The lowest BCUT2D eigenvalue weighted by atomic mass is 9.96. The molecule has 0 saturated heterocycles. The van der Waals surface area contributed by atoms with Crippen LogP contribution in [-0.2, 0) is 0 Å². The van der Waals surface area contributed by atoms with Gasteiger partial charge in [0.25, 0.3) is 0 Å². The minimum absolute atomic E-state index is 0.573. The summed E-state index contributed by atoms with van der Waals surface area (Å²) in [5.41, 5.74) is 10.1. The van der Waals surface area contributed by atoms with Gasteiger partial charge in [-0.1, -0.05) is 133 Å². The molecule has 10 aromatic rings. The van der Waals surface area contributed by atoms with Crippen molar-refractivity contribution in [2.75, 3.05) is 0 Å². The number of para-hydroxylation sites is 3. The van der Waals surface area contributed by atoms with Crippen LogP contribution >= 0.6 is 0 Å². The molecule has 5 heteroatoms. The highest BCUT2D eigenvalue weighted by Crippen LogP contribution is 2.44. The number of furan rings is 2. The highest BCUT2D eigenvalue weighted by molar-refractivity contribution is 6.18. The Kier molecular flexibility index (Phi) is 6.42. The standard InChI is InChI=1S/C45H27N3O2/c1-3-13-28(14-4-1)30-17-11-18-31(27-30)44-46-43(29-15-5-2-6-16-29)47-45(48-44)37-26-25-35(42-40(37)36-20-8-10-24-39(36)50-42)34-22-12-21-33-32-19-7-9-23-38(32)49-41(33)34/h1-27H. The van der Waals surface area contributed by atoms with E-state index in [-0.39, 0.29) is 0 Å². The summed E-state index contributed by atoms with van der Waals surface area (Å²) in [6, 6.07) is 55.6. The Hall–Kier alpha value is -6.85. The van der Waals surface area contributed by atoms with Gasteiger partial charge < -0.3 is 8.83 Å². The smallest absolute Gasteiger partial charge is 0.164 e. The quantitative estimate of drug-likeness (QED) is 0.187. The van der Waals surface area contributed by atoms with Gasteiger partial charge in [-0.2, -0.15) is 0 Å². The average molecular weight is 642 g/mol. The number of fused-ring (bicyclic) bond motifs is 6. The summed E-state index contributed by atoms with van der Waals surface area (Å²) in [7, 11) is 0. The predicted molar refractivity (Wildman–Crippen MR) is 202 cm³/mol. The van der Waals surface area contributed by atoms with E-state index in [1.54, 1.807) is 0 Å². The fraction of sp³-hybridized carbons (Fsp3) is 0. The zero-order valence-corrected chi connectivity index (χ0v) is 26.7. The second-order valence-corrected chi connectivity index (χ2v) is 12.4. The van der Waals surface area contributed by atoms with E-state index in [1.165, 1.54) is 0 Å². The Labute approximate surface area is 287 Å². The first kappa shape index (κ1) is 28.2. The Morgan fingerprint density at radius 3 is 1.64 bits per heavy atom. The molecular formula is C45H27N3O2. The largest absolute Gasteiger partial charge is 0.455 e. The SMILES string of the molecule is c1ccc(-c2cccc(-c3nc(-c4ccccc4)nc(-c4ccc(-c5cccc6c5oc5ccccc56)c5oc6ccccc6c45)n3)c2)cc1. The second kappa shape index (κ2) is 11.4. The van der Waals surface area contributed by atoms with E-state index in [0.29, 0.717) is 17.5 Å². The Bertz CT molecular complexity index is 2870. The van der Waals surface area contributed by atoms with Crippen molar-refractivity contribution in [2.24, 2.45) is 0 Å². The predicted octanol–water partition coefficient (Wildman–Crippen LogP) is 12.0. The van der Waals surface area contributed by atoms with Gasteiger partial charge in [0.1, 0.15) is 22.3 Å². The fourth-order valence-corrected chi connectivity index (χ4v) is 7.00. The number of rotatable bonds is 5. The molecule has 10 rings (SSSR count). The van der Waals surface area contributed by atoms with Crippen LogP contribution in [-0.4, -0.2) is 15.0 Å². The van der Waals surface area contributed by atoms with Gasteiger partial charge in [0.2, 0.25) is 0 Å². The third kappa shape index (κ3) is 4.60. The lowest BCUT2D eigenvalue weighted by Gasteiger charge is -2.11. The fourth-order valence-electron chi connectivity index (χ4n) is 7.00. The van der Waals surface area contributed by atoms with Gasteiger partial charge in [-0.3, -0.25) is 0 Å². The van der Waals surface area contributed by atoms with Crippen LogP contribution < -0.4 is 0 Å². The summed E-state index contributed by atoms with van der Waals surface area (Å²) in [5.74, 6) is 1.78. The summed E-state index contributed by atoms with van der Waals surface area (Å²) < 4.78 is 13.2. The van der Waals surface area contributed by atoms with Gasteiger partial charge in [-0.25, -0.2) is 15.0 Å². The van der Waals surface area contributed by atoms with Gasteiger partial charge in [0.15, 0.2) is 17.5 Å². The van der Waals surface area contributed by atoms with Crippen LogP contribution in [0.2, 0.25) is 0 Å². The molecule has 3 heterocycles. The van der Waals surface area contributed by atoms with E-state index in [4.69, 9.17) is 23.8 Å². The van der Waals surface area contributed by atoms with Crippen LogP contribution in [0.5, 0.6) is 0 Å². The number of benzene rings is 7.